The standard InChI is InChI=1S/C24H20N6O/c25-22-21-19(5-4-16-2-1-3-18(12-16)24(31)29-20-6-7-20)14-30(23(21)28-15-27-22)13-17-8-10-26-11-9-17/h1-3,8-12,14-15,20H,6-7,13H2,(H,29,31)(H2,25,27,28). The zero-order valence-corrected chi connectivity index (χ0v) is 16.7. The van der Waals surface area contributed by atoms with E-state index >= 15 is 0 Å². The molecule has 1 aliphatic rings. The van der Waals surface area contributed by atoms with Crippen LogP contribution in [0.25, 0.3) is 11.0 Å². The molecular weight excluding hydrogens is 388 g/mol. The molecule has 7 heteroatoms. The van der Waals surface area contributed by atoms with Gasteiger partial charge in [0.15, 0.2) is 0 Å². The third kappa shape index (κ3) is 4.09. The highest BCUT2D eigenvalue weighted by atomic mass is 16.1. The van der Waals surface area contributed by atoms with Gasteiger partial charge in [0.1, 0.15) is 17.8 Å². The number of nitrogens with two attached hydrogens (primary N) is 1. The smallest absolute Gasteiger partial charge is 0.251 e. The fourth-order valence-corrected chi connectivity index (χ4v) is 3.42. The summed E-state index contributed by atoms with van der Waals surface area (Å²) in [5.41, 5.74) is 10.1. The Morgan fingerprint density at radius 2 is 2.00 bits per heavy atom. The second-order valence-electron chi connectivity index (χ2n) is 7.56. The highest BCUT2D eigenvalue weighted by molar-refractivity contribution is 5.95. The number of rotatable bonds is 4. The molecule has 0 unspecified atom stereocenters. The summed E-state index contributed by atoms with van der Waals surface area (Å²) in [6, 6.07) is 11.6. The van der Waals surface area contributed by atoms with Crippen LogP contribution in [0.4, 0.5) is 5.82 Å². The Morgan fingerprint density at radius 3 is 2.81 bits per heavy atom. The number of pyridine rings is 1. The number of aromatic nitrogens is 4. The molecule has 0 bridgehead atoms. The monoisotopic (exact) mass is 408 g/mol. The summed E-state index contributed by atoms with van der Waals surface area (Å²) >= 11 is 0. The lowest BCUT2D eigenvalue weighted by Gasteiger charge is -2.04. The maximum absolute atomic E-state index is 12.3. The van der Waals surface area contributed by atoms with Gasteiger partial charge in [-0.2, -0.15) is 0 Å². The van der Waals surface area contributed by atoms with Crippen molar-refractivity contribution in [2.75, 3.05) is 5.73 Å². The Kier molecular flexibility index (Phi) is 4.81. The molecular formula is C24H20N6O. The molecule has 0 radical (unpaired) electrons. The van der Waals surface area contributed by atoms with Crippen LogP contribution in [0.5, 0.6) is 0 Å². The number of nitrogens with zero attached hydrogens (tertiary/aromatic N) is 4. The summed E-state index contributed by atoms with van der Waals surface area (Å²) < 4.78 is 2.01. The number of fused-ring (bicyclic) bond motifs is 1. The normalized spacial score (nSPS) is 12.9. The molecule has 1 fully saturated rings. The second-order valence-corrected chi connectivity index (χ2v) is 7.56. The Hall–Kier alpha value is -4.18. The number of carbonyl (C=O) groups is 1. The van der Waals surface area contributed by atoms with Crippen LogP contribution in [0.1, 0.15) is 39.9 Å². The predicted octanol–water partition coefficient (Wildman–Crippen LogP) is 2.75. The molecule has 1 aromatic carbocycles. The summed E-state index contributed by atoms with van der Waals surface area (Å²) in [6.07, 6.45) is 9.03. The van der Waals surface area contributed by atoms with E-state index in [1.54, 1.807) is 24.5 Å². The van der Waals surface area contributed by atoms with Gasteiger partial charge in [-0.3, -0.25) is 9.78 Å². The van der Waals surface area contributed by atoms with Gasteiger partial charge in [-0.15, -0.1) is 0 Å². The molecule has 31 heavy (non-hydrogen) atoms. The third-order valence-corrected chi connectivity index (χ3v) is 5.16. The van der Waals surface area contributed by atoms with Gasteiger partial charge < -0.3 is 15.6 Å². The Labute approximate surface area is 179 Å². The van der Waals surface area contributed by atoms with Crippen LogP contribution >= 0.6 is 0 Å². The summed E-state index contributed by atoms with van der Waals surface area (Å²) in [5.74, 6) is 6.68. The molecule has 0 atom stereocenters. The van der Waals surface area contributed by atoms with Crippen molar-refractivity contribution in [1.82, 2.24) is 24.8 Å². The number of hydrogen-bond donors (Lipinski definition) is 2. The minimum atomic E-state index is -0.0576. The van der Waals surface area contributed by atoms with Crippen LogP contribution in [-0.4, -0.2) is 31.5 Å². The highest BCUT2D eigenvalue weighted by Crippen LogP contribution is 2.24. The van der Waals surface area contributed by atoms with E-state index in [4.69, 9.17) is 5.73 Å². The SMILES string of the molecule is Nc1ncnc2c1c(C#Cc1cccc(C(=O)NC3CC3)c1)cn2Cc1ccncc1. The fraction of sp³-hybridized carbons (Fsp3) is 0.167. The topological polar surface area (TPSA) is 98.7 Å². The average Bonchev–Trinajstić information content (AvgIpc) is 3.54. The van der Waals surface area contributed by atoms with Crippen LogP contribution in [-0.2, 0) is 6.54 Å². The summed E-state index contributed by atoms with van der Waals surface area (Å²) in [4.78, 5) is 24.9. The number of anilines is 1. The molecule has 1 saturated carbocycles. The summed E-state index contributed by atoms with van der Waals surface area (Å²) in [5, 5.41) is 3.73. The van der Waals surface area contributed by atoms with Crippen LogP contribution < -0.4 is 11.1 Å². The number of amides is 1. The lowest BCUT2D eigenvalue weighted by Crippen LogP contribution is -2.25. The largest absolute Gasteiger partial charge is 0.383 e. The highest BCUT2D eigenvalue weighted by Gasteiger charge is 2.23. The van der Waals surface area contributed by atoms with Crippen molar-refractivity contribution in [2.24, 2.45) is 0 Å². The van der Waals surface area contributed by atoms with E-state index in [2.05, 4.69) is 32.1 Å². The lowest BCUT2D eigenvalue weighted by molar-refractivity contribution is 0.0951. The molecule has 152 valence electrons. The maximum Gasteiger partial charge on any atom is 0.251 e. The zero-order chi connectivity index (χ0) is 21.2. The molecule has 3 aromatic heterocycles. The van der Waals surface area contributed by atoms with Gasteiger partial charge in [-0.1, -0.05) is 17.9 Å². The van der Waals surface area contributed by atoms with Crippen LogP contribution in [0.2, 0.25) is 0 Å². The average molecular weight is 408 g/mol. The van der Waals surface area contributed by atoms with Gasteiger partial charge in [0.2, 0.25) is 0 Å². The molecule has 0 aliphatic heterocycles. The van der Waals surface area contributed by atoms with Gasteiger partial charge in [-0.05, 0) is 48.7 Å². The van der Waals surface area contributed by atoms with Gasteiger partial charge in [-0.25, -0.2) is 9.97 Å². The number of carbonyl (C=O) groups excluding carboxylic acids is 1. The number of hydrogen-bond acceptors (Lipinski definition) is 5. The Morgan fingerprint density at radius 1 is 1.16 bits per heavy atom. The first-order valence-electron chi connectivity index (χ1n) is 10.1. The van der Waals surface area contributed by atoms with E-state index in [9.17, 15) is 4.79 Å². The zero-order valence-electron chi connectivity index (χ0n) is 16.7. The van der Waals surface area contributed by atoms with Crippen LogP contribution in [0.3, 0.4) is 0 Å². The molecule has 3 heterocycles. The maximum atomic E-state index is 12.3. The van der Waals surface area contributed by atoms with E-state index in [1.165, 1.54) is 6.33 Å². The minimum absolute atomic E-state index is 0.0576. The minimum Gasteiger partial charge on any atom is -0.383 e. The van der Waals surface area contributed by atoms with Crippen molar-refractivity contribution in [3.63, 3.8) is 0 Å². The predicted molar refractivity (Wildman–Crippen MR) is 118 cm³/mol. The fourth-order valence-electron chi connectivity index (χ4n) is 3.42. The summed E-state index contributed by atoms with van der Waals surface area (Å²) in [6.45, 7) is 0.619. The molecule has 3 N–H and O–H groups in total. The summed E-state index contributed by atoms with van der Waals surface area (Å²) in [7, 11) is 0. The number of benzene rings is 1. The van der Waals surface area contributed by atoms with Crippen molar-refractivity contribution in [3.05, 3.63) is 83.6 Å². The van der Waals surface area contributed by atoms with E-state index in [0.717, 1.165) is 40.6 Å². The molecule has 4 aromatic rings. The second kappa shape index (κ2) is 7.92. The first kappa shape index (κ1) is 18.8. The van der Waals surface area contributed by atoms with Gasteiger partial charge in [0.05, 0.1) is 10.9 Å². The van der Waals surface area contributed by atoms with E-state index < -0.39 is 0 Å². The van der Waals surface area contributed by atoms with Gasteiger partial charge >= 0.3 is 0 Å². The molecule has 7 nitrogen and oxygen atoms in total. The van der Waals surface area contributed by atoms with E-state index in [-0.39, 0.29) is 5.91 Å². The quantitative estimate of drug-likeness (QED) is 0.506. The first-order valence-corrected chi connectivity index (χ1v) is 10.1. The Bertz CT molecular complexity index is 1330. The van der Waals surface area contributed by atoms with Crippen molar-refractivity contribution >= 4 is 22.8 Å². The number of nitrogen functional groups attached to an aromatic ring is 1. The Balaban J connectivity index is 1.49. The molecule has 1 amide bonds. The van der Waals surface area contributed by atoms with Crippen molar-refractivity contribution in [2.45, 2.75) is 25.4 Å². The third-order valence-electron chi connectivity index (χ3n) is 5.16. The number of nitrogens with one attached hydrogen (secondary N) is 1. The van der Waals surface area contributed by atoms with Crippen molar-refractivity contribution in [3.8, 4) is 11.8 Å². The molecule has 0 saturated heterocycles. The van der Waals surface area contributed by atoms with Gasteiger partial charge in [0.25, 0.3) is 5.91 Å². The van der Waals surface area contributed by atoms with E-state index in [0.29, 0.717) is 24.0 Å². The lowest BCUT2D eigenvalue weighted by atomic mass is 10.1. The molecule has 0 spiro atoms. The first-order chi connectivity index (χ1) is 15.2. The van der Waals surface area contributed by atoms with Crippen LogP contribution in [0, 0.1) is 11.8 Å². The van der Waals surface area contributed by atoms with Crippen molar-refractivity contribution in [1.29, 1.82) is 0 Å². The van der Waals surface area contributed by atoms with Crippen LogP contribution in [0.15, 0.2) is 61.3 Å². The molecule has 5 rings (SSSR count). The van der Waals surface area contributed by atoms with E-state index in [1.807, 2.05) is 35.0 Å². The van der Waals surface area contributed by atoms with Gasteiger partial charge in [0, 0.05) is 42.3 Å². The van der Waals surface area contributed by atoms with Crippen molar-refractivity contribution < 1.29 is 4.79 Å². The molecule has 1 aliphatic carbocycles.